The summed E-state index contributed by atoms with van der Waals surface area (Å²) < 4.78 is 7.67. The van der Waals surface area contributed by atoms with Crippen molar-refractivity contribution in [2.75, 3.05) is 31.1 Å². The number of benzene rings is 1. The van der Waals surface area contributed by atoms with Crippen LogP contribution in [0.4, 0.5) is 5.82 Å². The molecule has 3 aliphatic heterocycles. The standard InChI is InChI=1S/C23H28N6O2/c1-13-5-15-9-25-29(20(15)7-19(13)18-3-4-24-10-21(18)30)23-8-22(26-14(2)27-23)28-11-17-6-16(28)12-31-17/h5,7-9,16-18,21,24,30H,3-4,6,10-12H2,1-2H3/t16-,17-,18+,21+/m1/s1. The van der Waals surface area contributed by atoms with E-state index in [0.717, 1.165) is 60.9 Å². The highest BCUT2D eigenvalue weighted by Gasteiger charge is 2.39. The van der Waals surface area contributed by atoms with Gasteiger partial charge in [0.25, 0.3) is 0 Å². The van der Waals surface area contributed by atoms with Crippen molar-refractivity contribution in [3.63, 3.8) is 0 Å². The fraction of sp³-hybridized carbons (Fsp3) is 0.522. The molecular formula is C23H28N6O2. The van der Waals surface area contributed by atoms with E-state index in [0.29, 0.717) is 18.7 Å². The Morgan fingerprint density at radius 3 is 2.81 bits per heavy atom. The number of rotatable bonds is 3. The molecule has 8 heteroatoms. The molecule has 0 amide bonds. The van der Waals surface area contributed by atoms with E-state index in [1.807, 2.05) is 23.9 Å². The van der Waals surface area contributed by atoms with Crippen molar-refractivity contribution < 1.29 is 9.84 Å². The molecule has 2 N–H and O–H groups in total. The van der Waals surface area contributed by atoms with E-state index in [1.165, 1.54) is 11.1 Å². The summed E-state index contributed by atoms with van der Waals surface area (Å²) in [5.74, 6) is 2.60. The lowest BCUT2D eigenvalue weighted by molar-refractivity contribution is 0.0988. The predicted octanol–water partition coefficient (Wildman–Crippen LogP) is 1.85. The van der Waals surface area contributed by atoms with Gasteiger partial charge in [-0.1, -0.05) is 0 Å². The van der Waals surface area contributed by atoms with Crippen molar-refractivity contribution in [2.45, 2.75) is 50.9 Å². The van der Waals surface area contributed by atoms with E-state index in [9.17, 15) is 5.11 Å². The molecule has 31 heavy (non-hydrogen) atoms. The number of aromatic nitrogens is 4. The van der Waals surface area contributed by atoms with Crippen LogP contribution in [0, 0.1) is 13.8 Å². The summed E-state index contributed by atoms with van der Waals surface area (Å²) in [5.41, 5.74) is 3.41. The smallest absolute Gasteiger partial charge is 0.159 e. The Bertz CT molecular complexity index is 1140. The Kier molecular flexibility index (Phi) is 4.48. The van der Waals surface area contributed by atoms with Gasteiger partial charge < -0.3 is 20.1 Å². The highest BCUT2D eigenvalue weighted by atomic mass is 16.5. The highest BCUT2D eigenvalue weighted by molar-refractivity contribution is 5.82. The lowest BCUT2D eigenvalue weighted by Gasteiger charge is -2.30. The lowest BCUT2D eigenvalue weighted by Crippen LogP contribution is -2.39. The van der Waals surface area contributed by atoms with E-state index in [2.05, 4.69) is 34.4 Å². The molecule has 2 aromatic heterocycles. The highest BCUT2D eigenvalue weighted by Crippen LogP contribution is 2.34. The van der Waals surface area contributed by atoms with Crippen LogP contribution < -0.4 is 10.2 Å². The first-order valence-corrected chi connectivity index (χ1v) is 11.2. The summed E-state index contributed by atoms with van der Waals surface area (Å²) >= 11 is 0. The third-order valence-electron chi connectivity index (χ3n) is 7.03. The summed E-state index contributed by atoms with van der Waals surface area (Å²) in [4.78, 5) is 11.8. The molecule has 0 radical (unpaired) electrons. The first-order chi connectivity index (χ1) is 15.1. The van der Waals surface area contributed by atoms with Gasteiger partial charge in [0.15, 0.2) is 5.82 Å². The molecule has 3 fully saturated rings. The van der Waals surface area contributed by atoms with Gasteiger partial charge in [-0.25, -0.2) is 14.6 Å². The predicted molar refractivity (Wildman–Crippen MR) is 118 cm³/mol. The minimum absolute atomic E-state index is 0.136. The fourth-order valence-corrected chi connectivity index (χ4v) is 5.46. The van der Waals surface area contributed by atoms with Crippen LogP contribution in [0.15, 0.2) is 24.4 Å². The number of nitrogens with one attached hydrogen (secondary N) is 1. The van der Waals surface area contributed by atoms with E-state index in [4.69, 9.17) is 14.7 Å². The Balaban J connectivity index is 1.42. The van der Waals surface area contributed by atoms with E-state index in [1.54, 1.807) is 0 Å². The maximum Gasteiger partial charge on any atom is 0.159 e. The van der Waals surface area contributed by atoms with Crippen LogP contribution in [0.3, 0.4) is 0 Å². The van der Waals surface area contributed by atoms with Gasteiger partial charge in [0.1, 0.15) is 11.6 Å². The zero-order valence-corrected chi connectivity index (χ0v) is 18.0. The number of nitrogens with zero attached hydrogens (tertiary/aromatic N) is 5. The molecule has 162 valence electrons. The molecule has 0 spiro atoms. The molecule has 1 aromatic carbocycles. The van der Waals surface area contributed by atoms with Gasteiger partial charge in [-0.05, 0) is 56.5 Å². The number of morpholine rings is 1. The topological polar surface area (TPSA) is 88.3 Å². The van der Waals surface area contributed by atoms with E-state index < -0.39 is 0 Å². The maximum atomic E-state index is 10.6. The van der Waals surface area contributed by atoms with Crippen molar-refractivity contribution in [3.8, 4) is 5.82 Å². The minimum atomic E-state index is -0.373. The average molecular weight is 421 g/mol. The number of anilines is 1. The molecule has 0 aliphatic carbocycles. The fourth-order valence-electron chi connectivity index (χ4n) is 5.46. The lowest BCUT2D eigenvalue weighted by atomic mass is 9.85. The summed E-state index contributed by atoms with van der Waals surface area (Å²) in [6.07, 6.45) is 3.84. The minimum Gasteiger partial charge on any atom is -0.391 e. The zero-order chi connectivity index (χ0) is 21.1. The van der Waals surface area contributed by atoms with Crippen LogP contribution >= 0.6 is 0 Å². The van der Waals surface area contributed by atoms with Crippen molar-refractivity contribution in [2.24, 2.45) is 0 Å². The Labute approximate surface area is 181 Å². The zero-order valence-electron chi connectivity index (χ0n) is 18.0. The molecule has 0 saturated carbocycles. The van der Waals surface area contributed by atoms with Crippen LogP contribution in [0.5, 0.6) is 0 Å². The molecule has 4 atom stereocenters. The van der Waals surface area contributed by atoms with Gasteiger partial charge in [-0.3, -0.25) is 0 Å². The summed E-state index contributed by atoms with van der Waals surface area (Å²) in [5, 5.41) is 19.6. The van der Waals surface area contributed by atoms with Crippen LogP contribution in [0.2, 0.25) is 0 Å². The monoisotopic (exact) mass is 420 g/mol. The molecule has 3 aliphatic rings. The summed E-state index contributed by atoms with van der Waals surface area (Å²) in [6.45, 7) is 7.28. The third-order valence-corrected chi connectivity index (χ3v) is 7.03. The number of hydrogen-bond acceptors (Lipinski definition) is 7. The van der Waals surface area contributed by atoms with Crippen molar-refractivity contribution in [1.29, 1.82) is 0 Å². The van der Waals surface area contributed by atoms with Crippen LogP contribution in [0.1, 0.15) is 35.7 Å². The number of aryl methyl sites for hydroxylation is 2. The number of aliphatic hydroxyl groups is 1. The second kappa shape index (κ2) is 7.25. The number of β-amino-alcohol motifs (C(OH)–C–C–N with tert-alkyl or cyclic N) is 1. The Morgan fingerprint density at radius 2 is 2.03 bits per heavy atom. The van der Waals surface area contributed by atoms with Crippen molar-refractivity contribution in [1.82, 2.24) is 25.1 Å². The van der Waals surface area contributed by atoms with E-state index in [-0.39, 0.29) is 12.0 Å². The van der Waals surface area contributed by atoms with Crippen LogP contribution in [0.25, 0.3) is 16.7 Å². The largest absolute Gasteiger partial charge is 0.391 e. The molecule has 6 rings (SSSR count). The SMILES string of the molecule is Cc1nc(N2C[C@H]3C[C@@H]2CO3)cc(-n2ncc3cc(C)c([C@@H]4CCNC[C@@H]4O)cc32)n1. The summed E-state index contributed by atoms with van der Waals surface area (Å²) in [7, 11) is 0. The molecule has 8 nitrogen and oxygen atoms in total. The normalized spacial score (nSPS) is 28.0. The Hall–Kier alpha value is -2.55. The average Bonchev–Trinajstić information content (AvgIpc) is 3.49. The van der Waals surface area contributed by atoms with Crippen LogP contribution in [-0.2, 0) is 4.74 Å². The molecule has 0 unspecified atom stereocenters. The molecular weight excluding hydrogens is 392 g/mol. The first kappa shape index (κ1) is 19.2. The van der Waals surface area contributed by atoms with Gasteiger partial charge in [-0.15, -0.1) is 0 Å². The van der Waals surface area contributed by atoms with Crippen molar-refractivity contribution in [3.05, 3.63) is 41.3 Å². The number of hydrogen-bond donors (Lipinski definition) is 2. The van der Waals surface area contributed by atoms with E-state index >= 15 is 0 Å². The second-order valence-corrected chi connectivity index (χ2v) is 9.12. The maximum absolute atomic E-state index is 10.6. The second-order valence-electron chi connectivity index (χ2n) is 9.12. The van der Waals surface area contributed by atoms with Crippen molar-refractivity contribution >= 4 is 16.7 Å². The molecule has 3 saturated heterocycles. The summed E-state index contributed by atoms with van der Waals surface area (Å²) in [6, 6.07) is 6.81. The van der Waals surface area contributed by atoms with Gasteiger partial charge in [0.2, 0.25) is 0 Å². The number of ether oxygens (including phenoxy) is 1. The van der Waals surface area contributed by atoms with Gasteiger partial charge >= 0.3 is 0 Å². The first-order valence-electron chi connectivity index (χ1n) is 11.2. The van der Waals surface area contributed by atoms with Crippen LogP contribution in [-0.4, -0.2) is 69.3 Å². The van der Waals surface area contributed by atoms with Gasteiger partial charge in [-0.2, -0.15) is 5.10 Å². The third kappa shape index (κ3) is 3.21. The number of piperidine rings is 1. The van der Waals surface area contributed by atoms with Gasteiger partial charge in [0, 0.05) is 30.5 Å². The molecule has 3 aromatic rings. The van der Waals surface area contributed by atoms with Gasteiger partial charge in [0.05, 0.1) is 36.6 Å². The molecule has 5 heterocycles. The molecule has 2 bridgehead atoms. The number of aliphatic hydroxyl groups excluding tert-OH is 1. The quantitative estimate of drug-likeness (QED) is 0.669. The number of fused-ring (bicyclic) bond motifs is 3. The Morgan fingerprint density at radius 1 is 1.16 bits per heavy atom.